The first kappa shape index (κ1) is 19.0. The fourth-order valence-corrected chi connectivity index (χ4v) is 4.73. The monoisotopic (exact) mass is 387 g/mol. The Kier molecular flexibility index (Phi) is 5.55. The van der Waals surface area contributed by atoms with E-state index in [0.29, 0.717) is 21.7 Å². The van der Waals surface area contributed by atoms with Gasteiger partial charge in [-0.05, 0) is 50.3 Å². The van der Waals surface area contributed by atoms with Crippen LogP contribution < -0.4 is 11.1 Å². The number of anilines is 1. The van der Waals surface area contributed by atoms with Crippen molar-refractivity contribution in [1.29, 1.82) is 0 Å². The summed E-state index contributed by atoms with van der Waals surface area (Å²) in [6.07, 6.45) is 6.01. The Morgan fingerprint density at radius 2 is 1.89 bits per heavy atom. The van der Waals surface area contributed by atoms with Crippen LogP contribution in [0.2, 0.25) is 0 Å². The van der Waals surface area contributed by atoms with Gasteiger partial charge in [-0.25, -0.2) is 0 Å². The SMILES string of the molecule is Cc1cc(C(=O)Nc2sc3c(c2C(N)=O)CCCCCC3)ccc1[N+](=O)[O-]. The summed E-state index contributed by atoms with van der Waals surface area (Å²) in [7, 11) is 0. The highest BCUT2D eigenvalue weighted by molar-refractivity contribution is 7.17. The Balaban J connectivity index is 1.92. The third kappa shape index (κ3) is 4.00. The normalized spacial score (nSPS) is 14.0. The van der Waals surface area contributed by atoms with Gasteiger partial charge in [-0.1, -0.05) is 12.8 Å². The lowest BCUT2D eigenvalue weighted by Crippen LogP contribution is -2.18. The lowest BCUT2D eigenvalue weighted by molar-refractivity contribution is -0.385. The smallest absolute Gasteiger partial charge is 0.272 e. The fraction of sp³-hybridized carbons (Fsp3) is 0.368. The standard InChI is InChI=1S/C19H21N3O4S/c1-11-10-12(8-9-14(11)22(25)26)18(24)21-19-16(17(20)23)13-6-4-2-3-5-7-15(13)27-19/h8-10H,2-7H2,1H3,(H2,20,23)(H,21,24). The van der Waals surface area contributed by atoms with Gasteiger partial charge in [0.25, 0.3) is 17.5 Å². The second kappa shape index (κ2) is 7.87. The van der Waals surface area contributed by atoms with E-state index in [1.165, 1.54) is 29.5 Å². The molecule has 0 saturated heterocycles. The molecule has 0 atom stereocenters. The predicted octanol–water partition coefficient (Wildman–Crippen LogP) is 3.97. The molecular weight excluding hydrogens is 366 g/mol. The van der Waals surface area contributed by atoms with Gasteiger partial charge in [0, 0.05) is 22.1 Å². The molecule has 0 bridgehead atoms. The van der Waals surface area contributed by atoms with Gasteiger partial charge in [-0.3, -0.25) is 19.7 Å². The molecule has 0 fully saturated rings. The van der Waals surface area contributed by atoms with Gasteiger partial charge in [0.05, 0.1) is 10.5 Å². The molecule has 1 heterocycles. The van der Waals surface area contributed by atoms with Crippen molar-refractivity contribution in [2.75, 3.05) is 5.32 Å². The zero-order valence-corrected chi connectivity index (χ0v) is 15.9. The number of benzene rings is 1. The average Bonchev–Trinajstić information content (AvgIpc) is 2.90. The minimum atomic E-state index is -0.539. The topological polar surface area (TPSA) is 115 Å². The fourth-order valence-electron chi connectivity index (χ4n) is 3.44. The summed E-state index contributed by atoms with van der Waals surface area (Å²) in [6, 6.07) is 4.20. The number of nitrogens with one attached hydrogen (secondary N) is 1. The summed E-state index contributed by atoms with van der Waals surface area (Å²) in [4.78, 5) is 36.3. The lowest BCUT2D eigenvalue weighted by atomic mass is 9.96. The molecule has 0 spiro atoms. The van der Waals surface area contributed by atoms with Crippen molar-refractivity contribution < 1.29 is 14.5 Å². The molecule has 1 aromatic heterocycles. The molecule has 0 radical (unpaired) electrons. The molecule has 27 heavy (non-hydrogen) atoms. The van der Waals surface area contributed by atoms with E-state index in [-0.39, 0.29) is 5.69 Å². The number of primary amides is 1. The first-order valence-corrected chi connectivity index (χ1v) is 9.71. The molecule has 3 rings (SSSR count). The number of thiophene rings is 1. The summed E-state index contributed by atoms with van der Waals surface area (Å²) in [5, 5.41) is 14.2. The van der Waals surface area contributed by atoms with Crippen LogP contribution in [0.25, 0.3) is 0 Å². The number of hydrogen-bond acceptors (Lipinski definition) is 5. The summed E-state index contributed by atoms with van der Waals surface area (Å²) >= 11 is 1.41. The number of carbonyl (C=O) groups excluding carboxylic acids is 2. The Morgan fingerprint density at radius 1 is 1.19 bits per heavy atom. The summed E-state index contributed by atoms with van der Waals surface area (Å²) in [6.45, 7) is 1.58. The van der Waals surface area contributed by atoms with E-state index in [4.69, 9.17) is 5.73 Å². The first-order chi connectivity index (χ1) is 12.9. The number of nitrogens with zero attached hydrogens (tertiary/aromatic N) is 1. The molecule has 0 aliphatic heterocycles. The molecule has 0 saturated carbocycles. The van der Waals surface area contributed by atoms with Crippen LogP contribution in [0.5, 0.6) is 0 Å². The van der Waals surface area contributed by atoms with E-state index in [9.17, 15) is 19.7 Å². The third-order valence-electron chi connectivity index (χ3n) is 4.80. The molecule has 2 amide bonds. The Labute approximate surface area is 160 Å². The summed E-state index contributed by atoms with van der Waals surface area (Å²) in [5.41, 5.74) is 7.64. The third-order valence-corrected chi connectivity index (χ3v) is 6.01. The Morgan fingerprint density at radius 3 is 2.52 bits per heavy atom. The molecule has 7 nitrogen and oxygen atoms in total. The van der Waals surface area contributed by atoms with E-state index in [2.05, 4.69) is 5.32 Å². The predicted molar refractivity (Wildman–Crippen MR) is 104 cm³/mol. The van der Waals surface area contributed by atoms with E-state index in [0.717, 1.165) is 49.0 Å². The first-order valence-electron chi connectivity index (χ1n) is 8.89. The van der Waals surface area contributed by atoms with Crippen molar-refractivity contribution in [3.05, 3.63) is 55.4 Å². The quantitative estimate of drug-likeness (QED) is 0.610. The highest BCUT2D eigenvalue weighted by Crippen LogP contribution is 2.37. The minimum absolute atomic E-state index is 0.0385. The molecule has 142 valence electrons. The van der Waals surface area contributed by atoms with Crippen molar-refractivity contribution in [2.45, 2.75) is 45.4 Å². The molecular formula is C19H21N3O4S. The molecule has 3 N–H and O–H groups in total. The molecule has 8 heteroatoms. The Hall–Kier alpha value is -2.74. The number of nitro groups is 1. The minimum Gasteiger partial charge on any atom is -0.365 e. The van der Waals surface area contributed by atoms with Crippen LogP contribution in [0, 0.1) is 17.0 Å². The van der Waals surface area contributed by atoms with Gasteiger partial charge < -0.3 is 11.1 Å². The maximum Gasteiger partial charge on any atom is 0.272 e. The van der Waals surface area contributed by atoms with Gasteiger partial charge in [0.1, 0.15) is 5.00 Å². The number of carbonyl (C=O) groups is 2. The highest BCUT2D eigenvalue weighted by atomic mass is 32.1. The number of fused-ring (bicyclic) bond motifs is 1. The zero-order valence-electron chi connectivity index (χ0n) is 15.0. The van der Waals surface area contributed by atoms with Crippen LogP contribution in [-0.4, -0.2) is 16.7 Å². The molecule has 1 aromatic carbocycles. The number of amides is 2. The molecule has 1 aliphatic carbocycles. The van der Waals surface area contributed by atoms with Crippen molar-refractivity contribution in [3.8, 4) is 0 Å². The van der Waals surface area contributed by atoms with Crippen molar-refractivity contribution in [2.24, 2.45) is 5.73 Å². The van der Waals surface area contributed by atoms with Crippen LogP contribution in [0.4, 0.5) is 10.7 Å². The van der Waals surface area contributed by atoms with Gasteiger partial charge in [0.2, 0.25) is 0 Å². The zero-order chi connectivity index (χ0) is 19.6. The van der Waals surface area contributed by atoms with Crippen LogP contribution in [0.3, 0.4) is 0 Å². The maximum absolute atomic E-state index is 12.6. The summed E-state index contributed by atoms with van der Waals surface area (Å²) in [5.74, 6) is -0.951. The van der Waals surface area contributed by atoms with E-state index >= 15 is 0 Å². The molecule has 0 unspecified atom stereocenters. The van der Waals surface area contributed by atoms with Crippen molar-refractivity contribution >= 4 is 33.8 Å². The van der Waals surface area contributed by atoms with Gasteiger partial charge in [0.15, 0.2) is 0 Å². The van der Waals surface area contributed by atoms with Gasteiger partial charge >= 0.3 is 0 Å². The van der Waals surface area contributed by atoms with E-state index in [1.54, 1.807) is 6.92 Å². The van der Waals surface area contributed by atoms with Crippen LogP contribution >= 0.6 is 11.3 Å². The number of nitro benzene ring substituents is 1. The number of aryl methyl sites for hydroxylation is 2. The van der Waals surface area contributed by atoms with E-state index in [1.807, 2.05) is 0 Å². The van der Waals surface area contributed by atoms with Gasteiger partial charge in [-0.2, -0.15) is 0 Å². The number of rotatable bonds is 4. The molecule has 1 aliphatic rings. The number of hydrogen-bond donors (Lipinski definition) is 2. The van der Waals surface area contributed by atoms with Crippen molar-refractivity contribution in [1.82, 2.24) is 0 Å². The van der Waals surface area contributed by atoms with Crippen LogP contribution in [0.1, 0.15) is 62.4 Å². The highest BCUT2D eigenvalue weighted by Gasteiger charge is 2.24. The second-order valence-electron chi connectivity index (χ2n) is 6.70. The van der Waals surface area contributed by atoms with Crippen LogP contribution in [0.15, 0.2) is 18.2 Å². The van der Waals surface area contributed by atoms with Gasteiger partial charge in [-0.15, -0.1) is 11.3 Å². The second-order valence-corrected chi connectivity index (χ2v) is 7.80. The maximum atomic E-state index is 12.6. The summed E-state index contributed by atoms with van der Waals surface area (Å²) < 4.78 is 0. The van der Waals surface area contributed by atoms with Crippen molar-refractivity contribution in [3.63, 3.8) is 0 Å². The number of nitrogens with two attached hydrogens (primary N) is 1. The largest absolute Gasteiger partial charge is 0.365 e. The molecule has 2 aromatic rings. The average molecular weight is 387 g/mol. The Bertz CT molecular complexity index is 920. The van der Waals surface area contributed by atoms with Crippen LogP contribution in [-0.2, 0) is 12.8 Å². The lowest BCUT2D eigenvalue weighted by Gasteiger charge is -2.10. The van der Waals surface area contributed by atoms with E-state index < -0.39 is 16.7 Å².